The van der Waals surface area contributed by atoms with E-state index < -0.39 is 11.6 Å². The zero-order valence-electron chi connectivity index (χ0n) is 9.28. The van der Waals surface area contributed by atoms with E-state index in [1.54, 1.807) is 6.20 Å². The zero-order chi connectivity index (χ0) is 12.4. The van der Waals surface area contributed by atoms with Crippen molar-refractivity contribution in [3.8, 4) is 0 Å². The Morgan fingerprint density at radius 2 is 2.18 bits per heavy atom. The molecule has 2 N–H and O–H groups in total. The van der Waals surface area contributed by atoms with Gasteiger partial charge >= 0.3 is 0 Å². The molecule has 90 valence electrons. The molecule has 0 fully saturated rings. The summed E-state index contributed by atoms with van der Waals surface area (Å²) in [6.07, 6.45) is 1.95. The van der Waals surface area contributed by atoms with Crippen molar-refractivity contribution >= 4 is 11.3 Å². The molecule has 0 bridgehead atoms. The lowest BCUT2D eigenvalue weighted by molar-refractivity contribution is 0.574. The smallest absolute Gasteiger partial charge is 0.126 e. The Hall–Kier alpha value is -1.33. The SMILES string of the molecule is Cc1ncc(C(N)Cc2cc(F)ccc2F)s1. The molecule has 1 unspecified atom stereocenters. The van der Waals surface area contributed by atoms with Crippen molar-refractivity contribution in [3.05, 3.63) is 51.5 Å². The molecule has 2 aromatic rings. The number of nitrogens with zero attached hydrogens (tertiary/aromatic N) is 1. The predicted molar refractivity (Wildman–Crippen MR) is 63.8 cm³/mol. The second kappa shape index (κ2) is 4.89. The number of nitrogens with two attached hydrogens (primary N) is 1. The zero-order valence-corrected chi connectivity index (χ0v) is 10.1. The van der Waals surface area contributed by atoms with E-state index in [4.69, 9.17) is 5.73 Å². The molecule has 0 aliphatic heterocycles. The van der Waals surface area contributed by atoms with Crippen LogP contribution in [0.15, 0.2) is 24.4 Å². The van der Waals surface area contributed by atoms with E-state index in [0.717, 1.165) is 22.0 Å². The summed E-state index contributed by atoms with van der Waals surface area (Å²) in [5, 5.41) is 0.912. The van der Waals surface area contributed by atoms with E-state index in [2.05, 4.69) is 4.98 Å². The first-order valence-corrected chi connectivity index (χ1v) is 6.00. The molecular formula is C12H12F2N2S. The van der Waals surface area contributed by atoms with E-state index in [-0.39, 0.29) is 12.5 Å². The number of benzene rings is 1. The topological polar surface area (TPSA) is 38.9 Å². The molecule has 0 radical (unpaired) electrons. The van der Waals surface area contributed by atoms with E-state index >= 15 is 0 Å². The third-order valence-corrected chi connectivity index (χ3v) is 3.50. The number of rotatable bonds is 3. The lowest BCUT2D eigenvalue weighted by Crippen LogP contribution is -2.13. The van der Waals surface area contributed by atoms with Crippen LogP contribution < -0.4 is 5.73 Å². The molecular weight excluding hydrogens is 242 g/mol. The van der Waals surface area contributed by atoms with E-state index in [1.807, 2.05) is 6.92 Å². The fourth-order valence-corrected chi connectivity index (χ4v) is 2.37. The molecule has 1 atom stereocenters. The Kier molecular flexibility index (Phi) is 3.49. The van der Waals surface area contributed by atoms with Crippen LogP contribution in [-0.4, -0.2) is 4.98 Å². The number of aryl methyl sites for hydroxylation is 1. The molecule has 0 amide bonds. The highest BCUT2D eigenvalue weighted by Crippen LogP contribution is 2.23. The molecule has 1 aromatic heterocycles. The summed E-state index contributed by atoms with van der Waals surface area (Å²) >= 11 is 1.47. The van der Waals surface area contributed by atoms with Gasteiger partial charge in [-0.25, -0.2) is 13.8 Å². The molecule has 0 saturated carbocycles. The highest BCUT2D eigenvalue weighted by Gasteiger charge is 2.13. The summed E-state index contributed by atoms with van der Waals surface area (Å²) in [5.41, 5.74) is 6.24. The van der Waals surface area contributed by atoms with Gasteiger partial charge in [-0.15, -0.1) is 11.3 Å². The van der Waals surface area contributed by atoms with Crippen LogP contribution in [0.2, 0.25) is 0 Å². The normalized spacial score (nSPS) is 12.7. The van der Waals surface area contributed by atoms with Gasteiger partial charge in [-0.2, -0.15) is 0 Å². The van der Waals surface area contributed by atoms with Crippen LogP contribution in [0.25, 0.3) is 0 Å². The summed E-state index contributed by atoms with van der Waals surface area (Å²) < 4.78 is 26.4. The van der Waals surface area contributed by atoms with Crippen LogP contribution in [0.1, 0.15) is 21.5 Å². The molecule has 0 aliphatic rings. The lowest BCUT2D eigenvalue weighted by atomic mass is 10.1. The maximum absolute atomic E-state index is 13.4. The summed E-state index contributed by atoms with van der Waals surface area (Å²) in [5.74, 6) is -0.878. The largest absolute Gasteiger partial charge is 0.323 e. The summed E-state index contributed by atoms with van der Waals surface area (Å²) in [6, 6.07) is 3.05. The van der Waals surface area contributed by atoms with Crippen molar-refractivity contribution in [2.75, 3.05) is 0 Å². The maximum atomic E-state index is 13.4. The van der Waals surface area contributed by atoms with Crippen molar-refractivity contribution in [3.63, 3.8) is 0 Å². The van der Waals surface area contributed by atoms with Crippen molar-refractivity contribution in [1.82, 2.24) is 4.98 Å². The molecule has 2 rings (SSSR count). The molecule has 1 aromatic carbocycles. The molecule has 0 aliphatic carbocycles. The van der Waals surface area contributed by atoms with Crippen molar-refractivity contribution < 1.29 is 8.78 Å². The molecule has 1 heterocycles. The Bertz CT molecular complexity index is 525. The summed E-state index contributed by atoms with van der Waals surface area (Å²) in [7, 11) is 0. The standard InChI is InChI=1S/C12H12F2N2S/c1-7-16-6-12(17-7)11(15)5-8-4-9(13)2-3-10(8)14/h2-4,6,11H,5,15H2,1H3. The fraction of sp³-hybridized carbons (Fsp3) is 0.250. The van der Waals surface area contributed by atoms with Crippen LogP contribution in [0.5, 0.6) is 0 Å². The van der Waals surface area contributed by atoms with Gasteiger partial charge in [0.05, 0.1) is 5.01 Å². The van der Waals surface area contributed by atoms with Crippen molar-refractivity contribution in [2.24, 2.45) is 5.73 Å². The third-order valence-electron chi connectivity index (χ3n) is 2.45. The Morgan fingerprint density at radius 1 is 1.41 bits per heavy atom. The van der Waals surface area contributed by atoms with Gasteiger partial charge in [0, 0.05) is 17.1 Å². The van der Waals surface area contributed by atoms with Gasteiger partial charge in [0.25, 0.3) is 0 Å². The van der Waals surface area contributed by atoms with E-state index in [9.17, 15) is 8.78 Å². The number of hydrogen-bond acceptors (Lipinski definition) is 3. The van der Waals surface area contributed by atoms with E-state index in [0.29, 0.717) is 5.56 Å². The van der Waals surface area contributed by atoms with E-state index in [1.165, 1.54) is 17.4 Å². The minimum absolute atomic E-state index is 0.269. The quantitative estimate of drug-likeness (QED) is 0.914. The van der Waals surface area contributed by atoms with Crippen LogP contribution in [0, 0.1) is 18.6 Å². The number of aromatic nitrogens is 1. The average Bonchev–Trinajstić information content (AvgIpc) is 2.70. The maximum Gasteiger partial charge on any atom is 0.126 e. The van der Waals surface area contributed by atoms with Gasteiger partial charge in [0.15, 0.2) is 0 Å². The number of halogens is 2. The number of thiazole rings is 1. The molecule has 17 heavy (non-hydrogen) atoms. The monoisotopic (exact) mass is 254 g/mol. The highest BCUT2D eigenvalue weighted by molar-refractivity contribution is 7.11. The highest BCUT2D eigenvalue weighted by atomic mass is 32.1. The van der Waals surface area contributed by atoms with Crippen molar-refractivity contribution in [2.45, 2.75) is 19.4 Å². The average molecular weight is 254 g/mol. The van der Waals surface area contributed by atoms with Gasteiger partial charge in [-0.1, -0.05) is 0 Å². The Morgan fingerprint density at radius 3 is 2.82 bits per heavy atom. The molecule has 2 nitrogen and oxygen atoms in total. The van der Waals surface area contributed by atoms with Gasteiger partial charge < -0.3 is 5.73 Å². The Labute approximate surface area is 102 Å². The van der Waals surface area contributed by atoms with Crippen molar-refractivity contribution in [1.29, 1.82) is 0 Å². The minimum Gasteiger partial charge on any atom is -0.323 e. The second-order valence-corrected chi connectivity index (χ2v) is 5.09. The first kappa shape index (κ1) is 12.1. The molecule has 0 saturated heterocycles. The van der Waals surface area contributed by atoms with Gasteiger partial charge in [0.1, 0.15) is 11.6 Å². The van der Waals surface area contributed by atoms with Gasteiger partial charge in [-0.05, 0) is 37.1 Å². The van der Waals surface area contributed by atoms with Crippen LogP contribution in [0.4, 0.5) is 8.78 Å². The first-order valence-electron chi connectivity index (χ1n) is 5.18. The van der Waals surface area contributed by atoms with Gasteiger partial charge in [0.2, 0.25) is 0 Å². The minimum atomic E-state index is -0.450. The molecule has 0 spiro atoms. The fourth-order valence-electron chi connectivity index (χ4n) is 1.59. The third kappa shape index (κ3) is 2.87. The van der Waals surface area contributed by atoms with Crippen LogP contribution >= 0.6 is 11.3 Å². The predicted octanol–water partition coefficient (Wildman–Crippen LogP) is 2.97. The Balaban J connectivity index is 2.18. The van der Waals surface area contributed by atoms with Crippen LogP contribution in [0.3, 0.4) is 0 Å². The second-order valence-electron chi connectivity index (χ2n) is 3.83. The molecule has 5 heteroatoms. The summed E-state index contributed by atoms with van der Waals surface area (Å²) in [4.78, 5) is 4.97. The summed E-state index contributed by atoms with van der Waals surface area (Å²) in [6.45, 7) is 1.88. The van der Waals surface area contributed by atoms with Crippen LogP contribution in [-0.2, 0) is 6.42 Å². The van der Waals surface area contributed by atoms with Gasteiger partial charge in [-0.3, -0.25) is 0 Å². The lowest BCUT2D eigenvalue weighted by Gasteiger charge is -2.09. The number of hydrogen-bond donors (Lipinski definition) is 1. The first-order chi connectivity index (χ1) is 8.06.